The summed E-state index contributed by atoms with van der Waals surface area (Å²) in [4.78, 5) is 5.51. The van der Waals surface area contributed by atoms with E-state index < -0.39 is 0 Å². The van der Waals surface area contributed by atoms with Gasteiger partial charge in [0.05, 0.1) is 23.4 Å². The van der Waals surface area contributed by atoms with Gasteiger partial charge in [0.15, 0.2) is 5.75 Å². The lowest BCUT2D eigenvalue weighted by Crippen LogP contribution is -2.00. The summed E-state index contributed by atoms with van der Waals surface area (Å²) in [6.45, 7) is 2.78. The Bertz CT molecular complexity index is 710. The molecule has 0 aliphatic rings. The van der Waals surface area contributed by atoms with E-state index in [-0.39, 0.29) is 0 Å². The number of aromatic nitrogens is 1. The minimum atomic E-state index is 0.756. The normalized spacial score (nSPS) is 10.3. The van der Waals surface area contributed by atoms with Crippen LogP contribution in [0.25, 0.3) is 0 Å². The Kier molecular flexibility index (Phi) is 4.17. The second-order valence-electron chi connectivity index (χ2n) is 4.63. The van der Waals surface area contributed by atoms with Gasteiger partial charge in [0.1, 0.15) is 5.75 Å². The first kappa shape index (κ1) is 13.6. The summed E-state index contributed by atoms with van der Waals surface area (Å²) >= 11 is 1.66. The molecule has 3 aromatic rings. The largest absolute Gasteiger partial charge is 0.455 e. The van der Waals surface area contributed by atoms with Crippen LogP contribution >= 0.6 is 11.3 Å². The van der Waals surface area contributed by atoms with Gasteiger partial charge in [-0.3, -0.25) is 0 Å². The molecule has 0 saturated heterocycles. The molecule has 0 spiro atoms. The minimum Gasteiger partial charge on any atom is -0.455 e. The van der Waals surface area contributed by atoms with Crippen molar-refractivity contribution in [2.45, 2.75) is 13.5 Å². The average molecular weight is 296 g/mol. The van der Waals surface area contributed by atoms with Crippen molar-refractivity contribution in [3.63, 3.8) is 0 Å². The van der Waals surface area contributed by atoms with Crippen molar-refractivity contribution in [1.29, 1.82) is 0 Å². The van der Waals surface area contributed by atoms with Gasteiger partial charge in [-0.25, -0.2) is 4.98 Å². The Balaban J connectivity index is 1.75. The van der Waals surface area contributed by atoms with Gasteiger partial charge in [-0.2, -0.15) is 0 Å². The van der Waals surface area contributed by atoms with Gasteiger partial charge in [0, 0.05) is 4.88 Å². The van der Waals surface area contributed by atoms with Crippen molar-refractivity contribution >= 4 is 17.0 Å². The molecule has 106 valence electrons. The highest BCUT2D eigenvalue weighted by atomic mass is 32.1. The number of ether oxygens (including phenoxy) is 1. The van der Waals surface area contributed by atoms with Crippen molar-refractivity contribution in [3.05, 3.63) is 70.7 Å². The quantitative estimate of drug-likeness (QED) is 0.730. The van der Waals surface area contributed by atoms with E-state index in [4.69, 9.17) is 4.74 Å². The van der Waals surface area contributed by atoms with Crippen molar-refractivity contribution < 1.29 is 4.74 Å². The summed E-state index contributed by atoms with van der Waals surface area (Å²) in [5.41, 5.74) is 3.93. The van der Waals surface area contributed by atoms with Crippen LogP contribution in [0.5, 0.6) is 11.5 Å². The van der Waals surface area contributed by atoms with Gasteiger partial charge in [-0.15, -0.1) is 11.3 Å². The van der Waals surface area contributed by atoms with E-state index in [1.165, 1.54) is 4.88 Å². The van der Waals surface area contributed by atoms with Gasteiger partial charge in [0.25, 0.3) is 0 Å². The zero-order valence-corrected chi connectivity index (χ0v) is 12.6. The van der Waals surface area contributed by atoms with Crippen LogP contribution < -0.4 is 10.1 Å². The molecule has 0 amide bonds. The third-order valence-electron chi connectivity index (χ3n) is 3.14. The van der Waals surface area contributed by atoms with Crippen LogP contribution in [0, 0.1) is 6.92 Å². The van der Waals surface area contributed by atoms with Crippen LogP contribution in [0.1, 0.15) is 10.6 Å². The van der Waals surface area contributed by atoms with E-state index in [2.05, 4.69) is 10.3 Å². The minimum absolute atomic E-state index is 0.756. The monoisotopic (exact) mass is 296 g/mol. The molecule has 0 fully saturated rings. The molecule has 0 aliphatic carbocycles. The highest BCUT2D eigenvalue weighted by molar-refractivity contribution is 7.09. The van der Waals surface area contributed by atoms with Crippen LogP contribution in [-0.2, 0) is 6.54 Å². The van der Waals surface area contributed by atoms with E-state index in [1.807, 2.05) is 67.0 Å². The number of hydrogen-bond acceptors (Lipinski definition) is 4. The van der Waals surface area contributed by atoms with Crippen LogP contribution in [0.4, 0.5) is 5.69 Å². The summed E-state index contributed by atoms with van der Waals surface area (Å²) < 4.78 is 5.93. The van der Waals surface area contributed by atoms with Gasteiger partial charge in [0.2, 0.25) is 0 Å². The average Bonchev–Trinajstić information content (AvgIpc) is 2.93. The number of rotatable bonds is 5. The van der Waals surface area contributed by atoms with Crippen molar-refractivity contribution in [1.82, 2.24) is 4.98 Å². The fourth-order valence-electron chi connectivity index (χ4n) is 1.99. The summed E-state index contributed by atoms with van der Waals surface area (Å²) in [7, 11) is 0. The molecular weight excluding hydrogens is 280 g/mol. The fraction of sp³-hybridized carbons (Fsp3) is 0.118. The van der Waals surface area contributed by atoms with E-state index in [0.29, 0.717) is 0 Å². The molecular formula is C17H16N2OS. The third-order valence-corrected chi connectivity index (χ3v) is 4.08. The number of para-hydroxylation sites is 3. The first-order valence-corrected chi connectivity index (χ1v) is 7.65. The second kappa shape index (κ2) is 6.41. The molecule has 1 heterocycles. The molecule has 0 radical (unpaired) electrons. The SMILES string of the molecule is Cc1ncsc1CNc1ccccc1Oc1ccccc1. The lowest BCUT2D eigenvalue weighted by Gasteiger charge is -2.12. The first-order chi connectivity index (χ1) is 10.3. The fourth-order valence-corrected chi connectivity index (χ4v) is 2.71. The molecule has 1 aromatic heterocycles. The van der Waals surface area contributed by atoms with E-state index in [1.54, 1.807) is 11.3 Å². The predicted octanol–water partition coefficient (Wildman–Crippen LogP) is 4.86. The summed E-state index contributed by atoms with van der Waals surface area (Å²) in [6.07, 6.45) is 0. The van der Waals surface area contributed by atoms with Crippen LogP contribution in [-0.4, -0.2) is 4.98 Å². The van der Waals surface area contributed by atoms with Crippen molar-refractivity contribution in [3.8, 4) is 11.5 Å². The van der Waals surface area contributed by atoms with Gasteiger partial charge in [-0.1, -0.05) is 30.3 Å². The van der Waals surface area contributed by atoms with Crippen LogP contribution in [0.2, 0.25) is 0 Å². The third kappa shape index (κ3) is 3.41. The zero-order valence-electron chi connectivity index (χ0n) is 11.7. The molecule has 0 bridgehead atoms. The molecule has 2 aromatic carbocycles. The van der Waals surface area contributed by atoms with Gasteiger partial charge < -0.3 is 10.1 Å². The molecule has 3 rings (SSSR count). The standard InChI is InChI=1S/C17H16N2OS/c1-13-17(21-12-19-13)11-18-15-9-5-6-10-16(15)20-14-7-3-2-4-8-14/h2-10,12,18H,11H2,1H3. The topological polar surface area (TPSA) is 34.2 Å². The Morgan fingerprint density at radius 1 is 1.05 bits per heavy atom. The maximum absolute atomic E-state index is 5.93. The Morgan fingerprint density at radius 3 is 2.57 bits per heavy atom. The van der Waals surface area contributed by atoms with Crippen molar-refractivity contribution in [2.24, 2.45) is 0 Å². The number of hydrogen-bond donors (Lipinski definition) is 1. The van der Waals surface area contributed by atoms with Gasteiger partial charge in [-0.05, 0) is 31.2 Å². The van der Waals surface area contributed by atoms with E-state index in [0.717, 1.165) is 29.4 Å². The van der Waals surface area contributed by atoms with Crippen molar-refractivity contribution in [2.75, 3.05) is 5.32 Å². The summed E-state index contributed by atoms with van der Waals surface area (Å²) in [5.74, 6) is 1.66. The molecule has 4 heteroatoms. The number of nitrogens with zero attached hydrogens (tertiary/aromatic N) is 1. The number of aryl methyl sites for hydroxylation is 1. The molecule has 1 N–H and O–H groups in total. The maximum atomic E-state index is 5.93. The maximum Gasteiger partial charge on any atom is 0.150 e. The smallest absolute Gasteiger partial charge is 0.150 e. The number of anilines is 1. The van der Waals surface area contributed by atoms with E-state index in [9.17, 15) is 0 Å². The highest BCUT2D eigenvalue weighted by Gasteiger charge is 2.06. The number of thiazole rings is 1. The van der Waals surface area contributed by atoms with Crippen LogP contribution in [0.3, 0.4) is 0 Å². The lowest BCUT2D eigenvalue weighted by molar-refractivity contribution is 0.484. The lowest BCUT2D eigenvalue weighted by atomic mass is 10.2. The molecule has 0 aliphatic heterocycles. The van der Waals surface area contributed by atoms with Gasteiger partial charge >= 0.3 is 0 Å². The molecule has 21 heavy (non-hydrogen) atoms. The zero-order chi connectivity index (χ0) is 14.5. The predicted molar refractivity (Wildman–Crippen MR) is 87.1 cm³/mol. The number of benzene rings is 2. The summed E-state index contributed by atoms with van der Waals surface area (Å²) in [5, 5.41) is 3.42. The molecule has 0 unspecified atom stereocenters. The molecule has 0 atom stereocenters. The highest BCUT2D eigenvalue weighted by Crippen LogP contribution is 2.29. The Morgan fingerprint density at radius 2 is 1.81 bits per heavy atom. The second-order valence-corrected chi connectivity index (χ2v) is 5.57. The van der Waals surface area contributed by atoms with E-state index >= 15 is 0 Å². The first-order valence-electron chi connectivity index (χ1n) is 6.78. The Labute approximate surface area is 128 Å². The Hall–Kier alpha value is -2.33. The molecule has 3 nitrogen and oxygen atoms in total. The summed E-state index contributed by atoms with van der Waals surface area (Å²) in [6, 6.07) is 17.8. The van der Waals surface area contributed by atoms with Crippen LogP contribution in [0.15, 0.2) is 60.1 Å². The number of nitrogens with one attached hydrogen (secondary N) is 1. The molecule has 0 saturated carbocycles.